The minimum Gasteiger partial charge on any atom is -0.462 e. The van der Waals surface area contributed by atoms with Crippen LogP contribution in [0.15, 0.2) is 97.2 Å². The van der Waals surface area contributed by atoms with Gasteiger partial charge in [-0.2, -0.15) is 0 Å². The standard InChI is InChI=1S/C66H112O6/c1-4-7-10-13-16-19-22-25-28-31-33-35-38-41-44-47-50-53-56-59-65(68)71-62-63(61-70-64(67)58-55-52-49-46-43-40-37-30-27-24-21-18-15-12-9-6-3)72-66(69)60-57-54-51-48-45-42-39-36-34-32-29-26-23-20-17-14-11-8-5-2/h7,10,16,19,25-26,28-30,33,35,37,41,44,50,53,63H,4-6,8-9,11-15,17-18,20-24,27,31-32,34,36,38-40,42-43,45-49,51-52,54-62H2,1-3H3/b10-7-,19-16-,28-25-,29-26-,35-33-,37-30-,44-41-,53-50-. The van der Waals surface area contributed by atoms with Crippen molar-refractivity contribution in [1.29, 1.82) is 0 Å². The first kappa shape index (κ1) is 68.3. The van der Waals surface area contributed by atoms with Crippen molar-refractivity contribution in [2.24, 2.45) is 0 Å². The van der Waals surface area contributed by atoms with Gasteiger partial charge in [0.15, 0.2) is 6.10 Å². The molecule has 0 aliphatic carbocycles. The summed E-state index contributed by atoms with van der Waals surface area (Å²) in [7, 11) is 0. The summed E-state index contributed by atoms with van der Waals surface area (Å²) in [6, 6.07) is 0. The van der Waals surface area contributed by atoms with E-state index in [2.05, 4.69) is 112 Å². The average Bonchev–Trinajstić information content (AvgIpc) is 3.38. The molecule has 0 saturated heterocycles. The summed E-state index contributed by atoms with van der Waals surface area (Å²) >= 11 is 0. The molecule has 1 atom stereocenters. The second-order valence-electron chi connectivity index (χ2n) is 19.9. The lowest BCUT2D eigenvalue weighted by molar-refractivity contribution is -0.166. The number of hydrogen-bond donors (Lipinski definition) is 0. The Kier molecular flexibility index (Phi) is 56.8. The normalized spacial score (nSPS) is 12.8. The molecule has 0 spiro atoms. The van der Waals surface area contributed by atoms with E-state index in [1.54, 1.807) is 0 Å². The fourth-order valence-corrected chi connectivity index (χ4v) is 8.28. The Hall–Kier alpha value is -3.67. The Morgan fingerprint density at radius 2 is 0.569 bits per heavy atom. The predicted molar refractivity (Wildman–Crippen MR) is 311 cm³/mol. The summed E-state index contributed by atoms with van der Waals surface area (Å²) in [4.78, 5) is 38.2. The maximum atomic E-state index is 12.9. The SMILES string of the molecule is CC/C=C\C/C=C\C/C=C\C/C=C\C/C=C\C/C=C\CCC(=O)OCC(COC(=O)CCCCCCC/C=C\CCCCCCCCC)OC(=O)CCCCCCCCCCC/C=C\CCCCCCCC. The summed E-state index contributed by atoms with van der Waals surface area (Å²) in [5.41, 5.74) is 0. The second kappa shape index (κ2) is 59.9. The van der Waals surface area contributed by atoms with Gasteiger partial charge in [0.1, 0.15) is 13.2 Å². The van der Waals surface area contributed by atoms with Crippen LogP contribution in [0, 0.1) is 0 Å². The first-order valence-corrected chi connectivity index (χ1v) is 30.2. The average molecular weight is 1000 g/mol. The molecule has 0 rings (SSSR count). The molecular formula is C66H112O6. The van der Waals surface area contributed by atoms with E-state index in [4.69, 9.17) is 14.2 Å². The minimum absolute atomic E-state index is 0.105. The molecule has 6 nitrogen and oxygen atoms in total. The highest BCUT2D eigenvalue weighted by molar-refractivity contribution is 5.71. The first-order valence-electron chi connectivity index (χ1n) is 30.2. The van der Waals surface area contributed by atoms with Gasteiger partial charge in [-0.25, -0.2) is 0 Å². The van der Waals surface area contributed by atoms with E-state index in [9.17, 15) is 14.4 Å². The van der Waals surface area contributed by atoms with Gasteiger partial charge in [0, 0.05) is 19.3 Å². The van der Waals surface area contributed by atoms with Crippen LogP contribution in [0.3, 0.4) is 0 Å². The van der Waals surface area contributed by atoms with E-state index in [1.165, 1.54) is 148 Å². The molecule has 0 aliphatic rings. The second-order valence-corrected chi connectivity index (χ2v) is 19.9. The van der Waals surface area contributed by atoms with Crippen molar-refractivity contribution in [3.8, 4) is 0 Å². The molecule has 412 valence electrons. The van der Waals surface area contributed by atoms with Gasteiger partial charge >= 0.3 is 17.9 Å². The van der Waals surface area contributed by atoms with Crippen molar-refractivity contribution in [3.63, 3.8) is 0 Å². The molecule has 0 radical (unpaired) electrons. The smallest absolute Gasteiger partial charge is 0.306 e. The Bertz CT molecular complexity index is 1430. The highest BCUT2D eigenvalue weighted by Crippen LogP contribution is 2.15. The molecule has 0 fully saturated rings. The van der Waals surface area contributed by atoms with Crippen LogP contribution in [0.5, 0.6) is 0 Å². The number of ether oxygens (including phenoxy) is 3. The van der Waals surface area contributed by atoms with Crippen LogP contribution in [-0.2, 0) is 28.6 Å². The molecule has 0 N–H and O–H groups in total. The maximum Gasteiger partial charge on any atom is 0.306 e. The predicted octanol–water partition coefficient (Wildman–Crippen LogP) is 20.5. The Morgan fingerprint density at radius 1 is 0.292 bits per heavy atom. The number of allylic oxidation sites excluding steroid dienone is 16. The van der Waals surface area contributed by atoms with E-state index >= 15 is 0 Å². The minimum atomic E-state index is -0.814. The van der Waals surface area contributed by atoms with Crippen molar-refractivity contribution >= 4 is 17.9 Å². The van der Waals surface area contributed by atoms with Gasteiger partial charge in [-0.3, -0.25) is 14.4 Å². The first-order chi connectivity index (χ1) is 35.5. The van der Waals surface area contributed by atoms with Crippen molar-refractivity contribution < 1.29 is 28.6 Å². The van der Waals surface area contributed by atoms with Crippen LogP contribution >= 0.6 is 0 Å². The van der Waals surface area contributed by atoms with E-state index < -0.39 is 6.10 Å². The van der Waals surface area contributed by atoms with Crippen molar-refractivity contribution in [3.05, 3.63) is 97.2 Å². The Labute approximate surface area is 445 Å². The molecule has 1 unspecified atom stereocenters. The van der Waals surface area contributed by atoms with Crippen molar-refractivity contribution in [2.45, 2.75) is 290 Å². The van der Waals surface area contributed by atoms with Gasteiger partial charge < -0.3 is 14.2 Å². The molecule has 6 heteroatoms. The summed E-state index contributed by atoms with van der Waals surface area (Å²) in [6.45, 7) is 6.46. The Morgan fingerprint density at radius 3 is 0.931 bits per heavy atom. The third-order valence-corrected chi connectivity index (χ3v) is 12.8. The topological polar surface area (TPSA) is 78.9 Å². The largest absolute Gasteiger partial charge is 0.462 e. The highest BCUT2D eigenvalue weighted by atomic mass is 16.6. The number of esters is 3. The number of carbonyl (C=O) groups excluding carboxylic acids is 3. The molecular weight excluding hydrogens is 889 g/mol. The van der Waals surface area contributed by atoms with E-state index in [-0.39, 0.29) is 37.5 Å². The van der Waals surface area contributed by atoms with Gasteiger partial charge in [-0.05, 0) is 109 Å². The zero-order valence-corrected chi connectivity index (χ0v) is 47.2. The van der Waals surface area contributed by atoms with Crippen molar-refractivity contribution in [2.75, 3.05) is 13.2 Å². The lowest BCUT2D eigenvalue weighted by Crippen LogP contribution is -2.30. The zero-order valence-electron chi connectivity index (χ0n) is 47.2. The molecule has 0 saturated carbocycles. The zero-order chi connectivity index (χ0) is 52.2. The summed E-state index contributed by atoms with van der Waals surface area (Å²) < 4.78 is 16.8. The van der Waals surface area contributed by atoms with Gasteiger partial charge in [0.25, 0.3) is 0 Å². The van der Waals surface area contributed by atoms with Crippen LogP contribution < -0.4 is 0 Å². The molecule has 0 aromatic carbocycles. The summed E-state index contributed by atoms with van der Waals surface area (Å²) in [5, 5.41) is 0. The van der Waals surface area contributed by atoms with Crippen molar-refractivity contribution in [1.82, 2.24) is 0 Å². The summed E-state index contributed by atoms with van der Waals surface area (Å²) in [6.07, 6.45) is 79.8. The maximum absolute atomic E-state index is 12.9. The quantitative estimate of drug-likeness (QED) is 0.0261. The third-order valence-electron chi connectivity index (χ3n) is 12.8. The van der Waals surface area contributed by atoms with Crippen LogP contribution in [0.4, 0.5) is 0 Å². The van der Waals surface area contributed by atoms with E-state index in [0.717, 1.165) is 89.9 Å². The molecule has 0 heterocycles. The molecule has 0 aromatic rings. The van der Waals surface area contributed by atoms with Crippen LogP contribution in [0.25, 0.3) is 0 Å². The molecule has 0 bridgehead atoms. The number of hydrogen-bond acceptors (Lipinski definition) is 6. The van der Waals surface area contributed by atoms with Crippen LogP contribution in [-0.4, -0.2) is 37.2 Å². The van der Waals surface area contributed by atoms with Gasteiger partial charge in [-0.15, -0.1) is 0 Å². The fraction of sp³-hybridized carbons (Fsp3) is 0.712. The third kappa shape index (κ3) is 57.2. The summed E-state index contributed by atoms with van der Waals surface area (Å²) in [5.74, 6) is -0.996. The molecule has 0 amide bonds. The molecule has 72 heavy (non-hydrogen) atoms. The van der Waals surface area contributed by atoms with Gasteiger partial charge in [0.2, 0.25) is 0 Å². The van der Waals surface area contributed by atoms with Gasteiger partial charge in [0.05, 0.1) is 0 Å². The molecule has 0 aliphatic heterocycles. The van der Waals surface area contributed by atoms with E-state index in [0.29, 0.717) is 19.3 Å². The van der Waals surface area contributed by atoms with Crippen LogP contribution in [0.1, 0.15) is 284 Å². The lowest BCUT2D eigenvalue weighted by Gasteiger charge is -2.18. The molecule has 0 aromatic heterocycles. The lowest BCUT2D eigenvalue weighted by atomic mass is 10.1. The van der Waals surface area contributed by atoms with Gasteiger partial charge in [-0.1, -0.05) is 253 Å². The highest BCUT2D eigenvalue weighted by Gasteiger charge is 2.19. The number of carbonyl (C=O) groups is 3. The monoisotopic (exact) mass is 1000 g/mol. The fourth-order valence-electron chi connectivity index (χ4n) is 8.28. The van der Waals surface area contributed by atoms with Crippen LogP contribution in [0.2, 0.25) is 0 Å². The Balaban J connectivity index is 4.50. The number of rotatable bonds is 54. The van der Waals surface area contributed by atoms with E-state index in [1.807, 2.05) is 6.08 Å². The number of unbranched alkanes of at least 4 members (excludes halogenated alkanes) is 27.